The minimum Gasteiger partial charge on any atom is -0.458 e. The molecule has 0 saturated carbocycles. The van der Waals surface area contributed by atoms with Gasteiger partial charge in [0.2, 0.25) is 0 Å². The maximum atomic E-state index is 6.99. The molecule has 0 N–H and O–H groups in total. The van der Waals surface area contributed by atoms with Gasteiger partial charge in [-0.1, -0.05) is 168 Å². The maximum Gasteiger partial charge on any atom is 0.256 e. The quantitative estimate of drug-likeness (QED) is 0.160. The highest BCUT2D eigenvalue weighted by Gasteiger charge is 2.42. The Kier molecular flexibility index (Phi) is 7.75. The van der Waals surface area contributed by atoms with Gasteiger partial charge in [-0.2, -0.15) is 0 Å². The topological polar surface area (TPSA) is 14.2 Å². The van der Waals surface area contributed by atoms with Crippen molar-refractivity contribution in [3.8, 4) is 61.7 Å². The van der Waals surface area contributed by atoms with Crippen molar-refractivity contribution in [3.05, 3.63) is 181 Å². The molecule has 2 aliphatic rings. The Morgan fingerprint density at radius 2 is 1.09 bits per heavy atom. The molecule has 11 rings (SSSR count). The molecule has 3 heterocycles. The van der Waals surface area contributed by atoms with E-state index in [1.165, 1.54) is 99.5 Å². The van der Waals surface area contributed by atoms with Gasteiger partial charge in [0, 0.05) is 22.0 Å². The molecule has 1 aromatic heterocycles. The smallest absolute Gasteiger partial charge is 0.256 e. The lowest BCUT2D eigenvalue weighted by Gasteiger charge is -2.35. The fraction of sp³-hybridized carbons (Fsp3) is 0.127. The average Bonchev–Trinajstić information content (AvgIpc) is 3.58. The standard InChI is InChI=1S/C55H44BNO/c1-34(2)38-31-50-53-52(32-38)58-51-27-25-40(55(3,4)5)33-47(51)56(53)48-30-39(44-23-15-13-21-42(44)36-18-10-7-11-19-36)29-46-45-28-37(24-26-49(45)57(50)54(46)48)43-22-14-12-20-41(43)35-16-8-6-9-17-35/h6-34H,1-5H3. The Bertz CT molecular complexity index is 3090. The van der Waals surface area contributed by atoms with Crippen LogP contribution < -0.4 is 21.1 Å². The number of aromatic nitrogens is 1. The van der Waals surface area contributed by atoms with E-state index >= 15 is 0 Å². The fourth-order valence-corrected chi connectivity index (χ4v) is 9.64. The summed E-state index contributed by atoms with van der Waals surface area (Å²) < 4.78 is 9.55. The van der Waals surface area contributed by atoms with Crippen LogP contribution in [0.2, 0.25) is 0 Å². The van der Waals surface area contributed by atoms with Gasteiger partial charge in [0.15, 0.2) is 0 Å². The molecular formula is C55H44BNO. The van der Waals surface area contributed by atoms with Gasteiger partial charge in [-0.05, 0) is 120 Å². The number of ether oxygens (including phenoxy) is 1. The highest BCUT2D eigenvalue weighted by molar-refractivity contribution is 6.99. The van der Waals surface area contributed by atoms with Gasteiger partial charge >= 0.3 is 0 Å². The zero-order valence-electron chi connectivity index (χ0n) is 33.7. The summed E-state index contributed by atoms with van der Waals surface area (Å²) >= 11 is 0. The lowest BCUT2D eigenvalue weighted by molar-refractivity contribution is 0.485. The number of nitrogens with zero attached hydrogens (tertiary/aromatic N) is 1. The third kappa shape index (κ3) is 5.33. The van der Waals surface area contributed by atoms with E-state index < -0.39 is 0 Å². The second-order valence-corrected chi connectivity index (χ2v) is 17.5. The minimum absolute atomic E-state index is 0.00121. The normalized spacial score (nSPS) is 12.8. The third-order valence-corrected chi connectivity index (χ3v) is 12.6. The molecule has 0 saturated heterocycles. The van der Waals surface area contributed by atoms with Crippen LogP contribution in [0.3, 0.4) is 0 Å². The first kappa shape index (κ1) is 34.7. The van der Waals surface area contributed by atoms with Gasteiger partial charge in [0.1, 0.15) is 11.5 Å². The molecule has 0 amide bonds. The number of hydrogen-bond acceptors (Lipinski definition) is 1. The summed E-state index contributed by atoms with van der Waals surface area (Å²) in [6.45, 7) is 11.5. The summed E-state index contributed by atoms with van der Waals surface area (Å²) in [7, 11) is 0. The van der Waals surface area contributed by atoms with Crippen molar-refractivity contribution in [1.29, 1.82) is 0 Å². The van der Waals surface area contributed by atoms with Crippen molar-refractivity contribution in [2.75, 3.05) is 0 Å². The molecule has 3 heteroatoms. The molecule has 0 aliphatic carbocycles. The first-order valence-corrected chi connectivity index (χ1v) is 20.7. The number of hydrogen-bond donors (Lipinski definition) is 0. The summed E-state index contributed by atoms with van der Waals surface area (Å²) in [5, 5.41) is 2.52. The SMILES string of the molecule is CC(C)c1cc2c3c(c1)-n1c4ccc(-c5ccccc5-c5ccccc5)cc4c4cc(-c5ccccc5-c5ccccc5)cc(c41)B3c1cc(C(C)(C)C)ccc1O2. The molecule has 0 unspecified atom stereocenters. The van der Waals surface area contributed by atoms with E-state index in [9.17, 15) is 0 Å². The van der Waals surface area contributed by atoms with Gasteiger partial charge in [-0.3, -0.25) is 0 Å². The molecule has 8 aromatic carbocycles. The van der Waals surface area contributed by atoms with E-state index in [-0.39, 0.29) is 12.1 Å². The molecular weight excluding hydrogens is 701 g/mol. The Morgan fingerprint density at radius 1 is 0.500 bits per heavy atom. The molecule has 0 bridgehead atoms. The van der Waals surface area contributed by atoms with Crippen LogP contribution in [0.5, 0.6) is 11.5 Å². The van der Waals surface area contributed by atoms with E-state index in [0.717, 1.165) is 11.5 Å². The van der Waals surface area contributed by atoms with Crippen LogP contribution in [0.1, 0.15) is 51.7 Å². The number of fused-ring (bicyclic) bond motifs is 7. The van der Waals surface area contributed by atoms with E-state index in [2.05, 4.69) is 209 Å². The lowest BCUT2D eigenvalue weighted by Crippen LogP contribution is -2.58. The molecule has 0 spiro atoms. The van der Waals surface area contributed by atoms with Gasteiger partial charge in [-0.25, -0.2) is 0 Å². The van der Waals surface area contributed by atoms with Crippen LogP contribution in [0.4, 0.5) is 0 Å². The van der Waals surface area contributed by atoms with Crippen LogP contribution in [0.25, 0.3) is 72.0 Å². The second kappa shape index (κ2) is 13.0. The second-order valence-electron chi connectivity index (χ2n) is 17.5. The van der Waals surface area contributed by atoms with Crippen molar-refractivity contribution >= 4 is 44.9 Å². The van der Waals surface area contributed by atoms with E-state index in [1.807, 2.05) is 0 Å². The van der Waals surface area contributed by atoms with Crippen molar-refractivity contribution in [1.82, 2.24) is 4.57 Å². The molecule has 2 aliphatic heterocycles. The summed E-state index contributed by atoms with van der Waals surface area (Å²) in [4.78, 5) is 0. The molecule has 9 aromatic rings. The Labute approximate surface area is 341 Å². The zero-order valence-corrected chi connectivity index (χ0v) is 33.7. The van der Waals surface area contributed by atoms with Crippen LogP contribution in [0.15, 0.2) is 170 Å². The third-order valence-electron chi connectivity index (χ3n) is 12.6. The molecule has 0 radical (unpaired) electrons. The van der Waals surface area contributed by atoms with Gasteiger partial charge in [0.05, 0.1) is 5.52 Å². The molecule has 2 nitrogen and oxygen atoms in total. The first-order chi connectivity index (χ1) is 28.2. The zero-order chi connectivity index (χ0) is 39.3. The van der Waals surface area contributed by atoms with E-state index in [4.69, 9.17) is 4.74 Å². The van der Waals surface area contributed by atoms with Crippen LogP contribution in [-0.4, -0.2) is 11.3 Å². The van der Waals surface area contributed by atoms with Crippen molar-refractivity contribution in [2.45, 2.75) is 46.0 Å². The summed E-state index contributed by atoms with van der Waals surface area (Å²) in [5.74, 6) is 2.25. The van der Waals surface area contributed by atoms with Crippen LogP contribution >= 0.6 is 0 Å². The summed E-state index contributed by atoms with van der Waals surface area (Å²) in [6.07, 6.45) is 0. The Balaban J connectivity index is 1.27. The van der Waals surface area contributed by atoms with Crippen molar-refractivity contribution in [3.63, 3.8) is 0 Å². The van der Waals surface area contributed by atoms with E-state index in [0.29, 0.717) is 5.92 Å². The van der Waals surface area contributed by atoms with Crippen LogP contribution in [0, 0.1) is 0 Å². The number of rotatable bonds is 5. The molecule has 0 atom stereocenters. The van der Waals surface area contributed by atoms with Gasteiger partial charge in [0.25, 0.3) is 6.71 Å². The van der Waals surface area contributed by atoms with Crippen LogP contribution in [-0.2, 0) is 5.41 Å². The van der Waals surface area contributed by atoms with Crippen molar-refractivity contribution in [2.24, 2.45) is 0 Å². The highest BCUT2D eigenvalue weighted by atomic mass is 16.5. The fourth-order valence-electron chi connectivity index (χ4n) is 9.64. The molecule has 278 valence electrons. The lowest BCUT2D eigenvalue weighted by atomic mass is 9.34. The summed E-state index contributed by atoms with van der Waals surface area (Å²) in [6, 6.07) is 63.0. The Morgan fingerprint density at radius 3 is 1.71 bits per heavy atom. The Hall–Kier alpha value is -6.58. The van der Waals surface area contributed by atoms with Crippen molar-refractivity contribution < 1.29 is 4.74 Å². The maximum absolute atomic E-state index is 6.99. The predicted octanol–water partition coefficient (Wildman–Crippen LogP) is 12.8. The predicted molar refractivity (Wildman–Crippen MR) is 246 cm³/mol. The largest absolute Gasteiger partial charge is 0.458 e. The molecule has 58 heavy (non-hydrogen) atoms. The monoisotopic (exact) mass is 745 g/mol. The first-order valence-electron chi connectivity index (χ1n) is 20.7. The summed E-state index contributed by atoms with van der Waals surface area (Å²) in [5.41, 5.74) is 19.9. The van der Waals surface area contributed by atoms with Gasteiger partial charge < -0.3 is 9.30 Å². The highest BCUT2D eigenvalue weighted by Crippen LogP contribution is 2.44. The van der Waals surface area contributed by atoms with E-state index in [1.54, 1.807) is 0 Å². The minimum atomic E-state index is -0.0125. The molecule has 0 fully saturated rings. The number of benzene rings is 8. The van der Waals surface area contributed by atoms with Gasteiger partial charge in [-0.15, -0.1) is 0 Å². The average molecular weight is 746 g/mol.